The van der Waals surface area contributed by atoms with Gasteiger partial charge in [0.25, 0.3) is 0 Å². The van der Waals surface area contributed by atoms with Crippen molar-refractivity contribution < 1.29 is 14.7 Å². The molecule has 0 spiro atoms. The molecule has 5 nitrogen and oxygen atoms in total. The van der Waals surface area contributed by atoms with Crippen molar-refractivity contribution in [3.05, 3.63) is 0 Å². The molecule has 1 amide bonds. The zero-order valence-corrected chi connectivity index (χ0v) is 11.3. The molecule has 98 valence electrons. The van der Waals surface area contributed by atoms with Gasteiger partial charge in [-0.1, -0.05) is 13.3 Å². The van der Waals surface area contributed by atoms with Gasteiger partial charge in [-0.3, -0.25) is 4.79 Å². The Hall–Kier alpha value is -0.750. The zero-order valence-electron chi connectivity index (χ0n) is 10.5. The minimum absolute atomic E-state index is 0.122. The highest BCUT2D eigenvalue weighted by molar-refractivity contribution is 8.00. The van der Waals surface area contributed by atoms with Crippen LogP contribution >= 0.6 is 11.8 Å². The highest BCUT2D eigenvalue weighted by atomic mass is 32.2. The van der Waals surface area contributed by atoms with Crippen molar-refractivity contribution in [1.82, 2.24) is 4.90 Å². The van der Waals surface area contributed by atoms with Crippen molar-refractivity contribution >= 4 is 23.6 Å². The first-order valence-corrected chi connectivity index (χ1v) is 6.82. The van der Waals surface area contributed by atoms with Gasteiger partial charge in [0, 0.05) is 5.75 Å². The predicted octanol–water partition coefficient (Wildman–Crippen LogP) is 0.879. The van der Waals surface area contributed by atoms with E-state index in [0.29, 0.717) is 12.2 Å². The average molecular weight is 260 g/mol. The molecular weight excluding hydrogens is 240 g/mol. The van der Waals surface area contributed by atoms with Crippen LogP contribution in [0.2, 0.25) is 0 Å². The summed E-state index contributed by atoms with van der Waals surface area (Å²) in [6.45, 7) is 5.47. The number of nitrogens with two attached hydrogens (primary N) is 1. The Bertz CT molecular complexity index is 320. The van der Waals surface area contributed by atoms with E-state index in [-0.39, 0.29) is 11.3 Å². The Balaban J connectivity index is 2.89. The first kappa shape index (κ1) is 14.3. The zero-order chi connectivity index (χ0) is 13.2. The SMILES string of the molecule is CCCC(C)(N)C(=O)N1C(C)SCC1C(=O)O. The monoisotopic (exact) mass is 260 g/mol. The molecule has 1 aliphatic heterocycles. The minimum atomic E-state index is -0.971. The molecule has 3 N–H and O–H groups in total. The number of carboxylic acids is 1. The number of thioether (sulfide) groups is 1. The minimum Gasteiger partial charge on any atom is -0.480 e. The Kier molecular flexibility index (Phi) is 4.43. The lowest BCUT2D eigenvalue weighted by Crippen LogP contribution is -2.57. The fourth-order valence-corrected chi connectivity index (χ4v) is 3.23. The molecule has 1 rings (SSSR count). The number of nitrogens with zero attached hydrogens (tertiary/aromatic N) is 1. The molecule has 0 aromatic carbocycles. The molecule has 0 aromatic heterocycles. The van der Waals surface area contributed by atoms with Gasteiger partial charge < -0.3 is 15.7 Å². The summed E-state index contributed by atoms with van der Waals surface area (Å²) in [4.78, 5) is 24.8. The van der Waals surface area contributed by atoms with Crippen molar-refractivity contribution in [2.75, 3.05) is 5.75 Å². The summed E-state index contributed by atoms with van der Waals surface area (Å²) in [5.41, 5.74) is 5.01. The molecule has 1 aliphatic rings. The molecule has 0 aliphatic carbocycles. The molecule has 0 bridgehead atoms. The van der Waals surface area contributed by atoms with Gasteiger partial charge in [-0.15, -0.1) is 11.8 Å². The third-order valence-electron chi connectivity index (χ3n) is 3.00. The molecule has 6 heteroatoms. The van der Waals surface area contributed by atoms with Gasteiger partial charge >= 0.3 is 5.97 Å². The second-order valence-corrected chi connectivity index (χ2v) is 6.02. The third-order valence-corrected chi connectivity index (χ3v) is 4.22. The lowest BCUT2D eigenvalue weighted by Gasteiger charge is -2.33. The summed E-state index contributed by atoms with van der Waals surface area (Å²) in [6.07, 6.45) is 1.36. The maximum Gasteiger partial charge on any atom is 0.327 e. The normalized spacial score (nSPS) is 27.9. The Morgan fingerprint density at radius 2 is 2.18 bits per heavy atom. The Labute approximate surface area is 106 Å². The highest BCUT2D eigenvalue weighted by Gasteiger charge is 2.44. The summed E-state index contributed by atoms with van der Waals surface area (Å²) < 4.78 is 0. The van der Waals surface area contributed by atoms with Crippen molar-refractivity contribution in [3.63, 3.8) is 0 Å². The van der Waals surface area contributed by atoms with E-state index >= 15 is 0 Å². The maximum absolute atomic E-state index is 12.3. The number of hydrogen-bond donors (Lipinski definition) is 2. The number of carbonyl (C=O) groups excluding carboxylic acids is 1. The summed E-state index contributed by atoms with van der Waals surface area (Å²) >= 11 is 1.47. The van der Waals surface area contributed by atoms with Gasteiger partial charge in [0.1, 0.15) is 6.04 Å². The van der Waals surface area contributed by atoms with Crippen LogP contribution in [0.25, 0.3) is 0 Å². The van der Waals surface area contributed by atoms with E-state index in [1.54, 1.807) is 6.92 Å². The van der Waals surface area contributed by atoms with Gasteiger partial charge in [0.05, 0.1) is 10.9 Å². The van der Waals surface area contributed by atoms with Crippen LogP contribution in [0.15, 0.2) is 0 Å². The molecule has 1 saturated heterocycles. The fourth-order valence-electron chi connectivity index (χ4n) is 2.06. The number of carbonyl (C=O) groups is 2. The van der Waals surface area contributed by atoms with Crippen LogP contribution in [0, 0.1) is 0 Å². The van der Waals surface area contributed by atoms with E-state index in [1.165, 1.54) is 16.7 Å². The first-order chi connectivity index (χ1) is 7.81. The van der Waals surface area contributed by atoms with Gasteiger partial charge in [0.2, 0.25) is 5.91 Å². The number of carboxylic acid groups (broad SMARTS) is 1. The average Bonchev–Trinajstić information content (AvgIpc) is 2.58. The van der Waals surface area contributed by atoms with E-state index < -0.39 is 17.6 Å². The summed E-state index contributed by atoms with van der Waals surface area (Å²) in [5, 5.41) is 8.98. The topological polar surface area (TPSA) is 83.6 Å². The number of hydrogen-bond acceptors (Lipinski definition) is 4. The van der Waals surface area contributed by atoms with Gasteiger partial charge in [-0.2, -0.15) is 0 Å². The van der Waals surface area contributed by atoms with E-state index in [2.05, 4.69) is 0 Å². The predicted molar refractivity (Wildman–Crippen MR) is 67.7 cm³/mol. The third kappa shape index (κ3) is 2.93. The second kappa shape index (κ2) is 5.27. The largest absolute Gasteiger partial charge is 0.480 e. The summed E-state index contributed by atoms with van der Waals surface area (Å²) in [7, 11) is 0. The van der Waals surface area contributed by atoms with E-state index in [4.69, 9.17) is 10.8 Å². The Morgan fingerprint density at radius 3 is 2.65 bits per heavy atom. The lowest BCUT2D eigenvalue weighted by molar-refractivity contribution is -0.151. The molecule has 0 radical (unpaired) electrons. The first-order valence-electron chi connectivity index (χ1n) is 5.77. The molecule has 3 unspecified atom stereocenters. The maximum atomic E-state index is 12.3. The van der Waals surface area contributed by atoms with Crippen LogP contribution < -0.4 is 5.73 Å². The highest BCUT2D eigenvalue weighted by Crippen LogP contribution is 2.31. The van der Waals surface area contributed by atoms with Crippen molar-refractivity contribution in [2.45, 2.75) is 50.6 Å². The summed E-state index contributed by atoms with van der Waals surface area (Å²) in [6, 6.07) is -0.748. The molecule has 1 fully saturated rings. The van der Waals surface area contributed by atoms with Crippen LogP contribution in [0.5, 0.6) is 0 Å². The van der Waals surface area contributed by atoms with Crippen LogP contribution in [-0.2, 0) is 9.59 Å². The quantitative estimate of drug-likeness (QED) is 0.784. The van der Waals surface area contributed by atoms with Gasteiger partial charge in [-0.25, -0.2) is 4.79 Å². The van der Waals surface area contributed by atoms with Gasteiger partial charge in [0.15, 0.2) is 0 Å². The van der Waals surface area contributed by atoms with Crippen LogP contribution in [0.1, 0.15) is 33.6 Å². The molecule has 0 aromatic rings. The number of rotatable bonds is 4. The van der Waals surface area contributed by atoms with Gasteiger partial charge in [-0.05, 0) is 20.3 Å². The van der Waals surface area contributed by atoms with E-state index in [0.717, 1.165) is 6.42 Å². The Morgan fingerprint density at radius 1 is 1.59 bits per heavy atom. The fraction of sp³-hybridized carbons (Fsp3) is 0.818. The molecule has 1 heterocycles. The smallest absolute Gasteiger partial charge is 0.327 e. The number of aliphatic carboxylic acids is 1. The van der Waals surface area contributed by atoms with Crippen molar-refractivity contribution in [2.24, 2.45) is 5.73 Å². The molecule has 17 heavy (non-hydrogen) atoms. The van der Waals surface area contributed by atoms with Crippen LogP contribution in [0.4, 0.5) is 0 Å². The molecule has 0 saturated carbocycles. The van der Waals surface area contributed by atoms with Crippen molar-refractivity contribution in [1.29, 1.82) is 0 Å². The van der Waals surface area contributed by atoms with Crippen LogP contribution in [0.3, 0.4) is 0 Å². The second-order valence-electron chi connectivity index (χ2n) is 4.67. The lowest BCUT2D eigenvalue weighted by atomic mass is 9.95. The summed E-state index contributed by atoms with van der Waals surface area (Å²) in [5.74, 6) is -0.781. The van der Waals surface area contributed by atoms with E-state index in [1.807, 2.05) is 13.8 Å². The standard InChI is InChI=1S/C11H20N2O3S/c1-4-5-11(3,12)10(16)13-7(2)17-6-8(13)9(14)15/h7-8H,4-6,12H2,1-3H3,(H,14,15). The van der Waals surface area contributed by atoms with Crippen molar-refractivity contribution in [3.8, 4) is 0 Å². The molecular formula is C11H20N2O3S. The number of amides is 1. The van der Waals surface area contributed by atoms with E-state index in [9.17, 15) is 9.59 Å². The molecule has 3 atom stereocenters. The van der Waals surface area contributed by atoms with Crippen LogP contribution in [-0.4, -0.2) is 44.6 Å².